The van der Waals surface area contributed by atoms with E-state index in [2.05, 4.69) is 5.32 Å². The molecule has 1 aromatic rings. The van der Waals surface area contributed by atoms with E-state index in [0.717, 1.165) is 13.0 Å². The minimum atomic E-state index is -4.29. The number of rotatable bonds is 6. The Balaban J connectivity index is 2.95. The fraction of sp³-hybridized carbons (Fsp3) is 0.571. The second kappa shape index (κ2) is 7.20. The molecule has 108 valence electrons. The first-order valence-electron chi connectivity index (χ1n) is 6.42. The molecule has 0 spiro atoms. The molecule has 1 rings (SSSR count). The largest absolute Gasteiger partial charge is 0.417 e. The summed E-state index contributed by atoms with van der Waals surface area (Å²) in [4.78, 5) is 0.307. The van der Waals surface area contributed by atoms with Gasteiger partial charge in [-0.05, 0) is 30.7 Å². The Morgan fingerprint density at radius 2 is 1.95 bits per heavy atom. The molecule has 1 aromatic carbocycles. The highest BCUT2D eigenvalue weighted by atomic mass is 32.2. The molecule has 0 radical (unpaired) electrons. The molecule has 0 aliphatic heterocycles. The smallest absolute Gasteiger partial charge is 0.313 e. The van der Waals surface area contributed by atoms with E-state index in [1.807, 2.05) is 20.8 Å². The maximum Gasteiger partial charge on any atom is 0.417 e. The van der Waals surface area contributed by atoms with Crippen molar-refractivity contribution in [2.75, 3.05) is 6.54 Å². The summed E-state index contributed by atoms with van der Waals surface area (Å²) in [6.07, 6.45) is -3.33. The van der Waals surface area contributed by atoms with Crippen LogP contribution in [0.5, 0.6) is 0 Å². The van der Waals surface area contributed by atoms with Gasteiger partial charge in [-0.3, -0.25) is 0 Å². The average molecular weight is 291 g/mol. The SMILES string of the molecule is CCCNCc1ccc(SC(C)C)c(C(F)(F)F)c1. The summed E-state index contributed by atoms with van der Waals surface area (Å²) in [6.45, 7) is 7.09. The Morgan fingerprint density at radius 1 is 1.26 bits per heavy atom. The van der Waals surface area contributed by atoms with Crippen molar-refractivity contribution >= 4 is 11.8 Å². The highest BCUT2D eigenvalue weighted by Gasteiger charge is 2.33. The van der Waals surface area contributed by atoms with Crippen LogP contribution in [0, 0.1) is 0 Å². The van der Waals surface area contributed by atoms with Crippen LogP contribution in [0.25, 0.3) is 0 Å². The predicted octanol–water partition coefficient (Wildman–Crippen LogP) is 4.71. The van der Waals surface area contributed by atoms with E-state index in [9.17, 15) is 13.2 Å². The summed E-state index contributed by atoms with van der Waals surface area (Å²) in [5.41, 5.74) is 0.149. The second-order valence-electron chi connectivity index (χ2n) is 4.67. The quantitative estimate of drug-likeness (QED) is 0.602. The lowest BCUT2D eigenvalue weighted by Gasteiger charge is -2.15. The third-order valence-electron chi connectivity index (χ3n) is 2.47. The first kappa shape index (κ1) is 16.4. The van der Waals surface area contributed by atoms with Gasteiger partial charge in [0.1, 0.15) is 0 Å². The van der Waals surface area contributed by atoms with Crippen molar-refractivity contribution in [3.63, 3.8) is 0 Å². The highest BCUT2D eigenvalue weighted by Crippen LogP contribution is 2.38. The van der Waals surface area contributed by atoms with Crippen LogP contribution in [-0.4, -0.2) is 11.8 Å². The van der Waals surface area contributed by atoms with Crippen LogP contribution in [0.2, 0.25) is 0 Å². The fourth-order valence-corrected chi connectivity index (χ4v) is 2.63. The third-order valence-corrected chi connectivity index (χ3v) is 3.55. The van der Waals surface area contributed by atoms with Gasteiger partial charge < -0.3 is 5.32 Å². The summed E-state index contributed by atoms with van der Waals surface area (Å²) < 4.78 is 39.1. The standard InChI is InChI=1S/C14H20F3NS/c1-4-7-18-9-11-5-6-13(19-10(2)3)12(8-11)14(15,16)17/h5-6,8,10,18H,4,7,9H2,1-3H3. The van der Waals surface area contributed by atoms with Gasteiger partial charge in [-0.1, -0.05) is 26.8 Å². The van der Waals surface area contributed by atoms with Gasteiger partial charge in [-0.25, -0.2) is 0 Å². The lowest BCUT2D eigenvalue weighted by Crippen LogP contribution is -2.15. The zero-order valence-electron chi connectivity index (χ0n) is 11.5. The summed E-state index contributed by atoms with van der Waals surface area (Å²) in [6, 6.07) is 4.60. The van der Waals surface area contributed by atoms with Gasteiger partial charge in [-0.15, -0.1) is 11.8 Å². The van der Waals surface area contributed by atoms with Crippen LogP contribution in [0.15, 0.2) is 23.1 Å². The Kier molecular flexibility index (Phi) is 6.20. The van der Waals surface area contributed by atoms with E-state index in [-0.39, 0.29) is 5.25 Å². The van der Waals surface area contributed by atoms with Gasteiger partial charge in [0, 0.05) is 16.7 Å². The number of alkyl halides is 3. The average Bonchev–Trinajstić information content (AvgIpc) is 2.29. The molecule has 0 fully saturated rings. The normalized spacial score (nSPS) is 12.2. The number of benzene rings is 1. The van der Waals surface area contributed by atoms with Crippen molar-refractivity contribution in [2.24, 2.45) is 0 Å². The minimum Gasteiger partial charge on any atom is -0.313 e. The van der Waals surface area contributed by atoms with E-state index >= 15 is 0 Å². The monoisotopic (exact) mass is 291 g/mol. The molecule has 1 N–H and O–H groups in total. The number of hydrogen-bond acceptors (Lipinski definition) is 2. The molecule has 0 aliphatic rings. The van der Waals surface area contributed by atoms with Crippen LogP contribution in [-0.2, 0) is 12.7 Å². The number of nitrogens with one attached hydrogen (secondary N) is 1. The Morgan fingerprint density at radius 3 is 2.47 bits per heavy atom. The van der Waals surface area contributed by atoms with Crippen LogP contribution in [0.1, 0.15) is 38.3 Å². The van der Waals surface area contributed by atoms with Crippen molar-refractivity contribution in [3.8, 4) is 0 Å². The van der Waals surface area contributed by atoms with E-state index in [1.54, 1.807) is 12.1 Å². The molecule has 0 saturated carbocycles. The van der Waals surface area contributed by atoms with Crippen molar-refractivity contribution in [1.82, 2.24) is 5.32 Å². The van der Waals surface area contributed by atoms with Gasteiger partial charge in [0.15, 0.2) is 0 Å². The lowest BCUT2D eigenvalue weighted by molar-refractivity contribution is -0.139. The molecule has 19 heavy (non-hydrogen) atoms. The molecule has 0 bridgehead atoms. The third kappa shape index (κ3) is 5.45. The van der Waals surface area contributed by atoms with Gasteiger partial charge in [0.05, 0.1) is 5.56 Å². The summed E-state index contributed by atoms with van der Waals surface area (Å²) in [7, 11) is 0. The zero-order valence-corrected chi connectivity index (χ0v) is 12.3. The Labute approximate surface area is 117 Å². The van der Waals surface area contributed by atoms with Gasteiger partial charge in [0.25, 0.3) is 0 Å². The van der Waals surface area contributed by atoms with Crippen LogP contribution >= 0.6 is 11.8 Å². The van der Waals surface area contributed by atoms with Crippen molar-refractivity contribution < 1.29 is 13.2 Å². The van der Waals surface area contributed by atoms with Crippen molar-refractivity contribution in [2.45, 2.75) is 50.1 Å². The molecule has 5 heteroatoms. The topological polar surface area (TPSA) is 12.0 Å². The Hall–Kier alpha value is -0.680. The Bertz CT molecular complexity index is 402. The van der Waals surface area contributed by atoms with Crippen molar-refractivity contribution in [1.29, 1.82) is 0 Å². The number of halogens is 3. The summed E-state index contributed by atoms with van der Waals surface area (Å²) >= 11 is 1.25. The number of thioether (sulfide) groups is 1. The molecule has 0 aliphatic carbocycles. The van der Waals surface area contributed by atoms with E-state index in [4.69, 9.17) is 0 Å². The lowest BCUT2D eigenvalue weighted by atomic mass is 10.1. The molecule has 0 aromatic heterocycles. The molecule has 0 heterocycles. The first-order valence-corrected chi connectivity index (χ1v) is 7.30. The molecule has 0 atom stereocenters. The molecular formula is C14H20F3NS. The maximum absolute atomic E-state index is 13.0. The number of hydrogen-bond donors (Lipinski definition) is 1. The van der Waals surface area contributed by atoms with Crippen molar-refractivity contribution in [3.05, 3.63) is 29.3 Å². The molecule has 0 unspecified atom stereocenters. The van der Waals surface area contributed by atoms with E-state index in [1.165, 1.54) is 17.8 Å². The van der Waals surface area contributed by atoms with Crippen LogP contribution in [0.3, 0.4) is 0 Å². The zero-order chi connectivity index (χ0) is 14.5. The second-order valence-corrected chi connectivity index (χ2v) is 6.29. The van der Waals surface area contributed by atoms with Gasteiger partial charge >= 0.3 is 6.18 Å². The molecule has 0 saturated heterocycles. The fourth-order valence-electron chi connectivity index (χ4n) is 1.67. The van der Waals surface area contributed by atoms with Crippen LogP contribution < -0.4 is 5.32 Å². The van der Waals surface area contributed by atoms with Crippen LogP contribution in [0.4, 0.5) is 13.2 Å². The first-order chi connectivity index (χ1) is 8.84. The molecule has 0 amide bonds. The maximum atomic E-state index is 13.0. The van der Waals surface area contributed by atoms with Gasteiger partial charge in [0.2, 0.25) is 0 Å². The summed E-state index contributed by atoms with van der Waals surface area (Å²) in [5, 5.41) is 3.25. The van der Waals surface area contributed by atoms with E-state index in [0.29, 0.717) is 17.0 Å². The summed E-state index contributed by atoms with van der Waals surface area (Å²) in [5.74, 6) is 0. The van der Waals surface area contributed by atoms with E-state index < -0.39 is 11.7 Å². The molecule has 1 nitrogen and oxygen atoms in total. The predicted molar refractivity (Wildman–Crippen MR) is 74.4 cm³/mol. The minimum absolute atomic E-state index is 0.130. The molecular weight excluding hydrogens is 271 g/mol. The highest BCUT2D eigenvalue weighted by molar-refractivity contribution is 8.00. The van der Waals surface area contributed by atoms with Gasteiger partial charge in [-0.2, -0.15) is 13.2 Å².